The molecule has 0 bridgehead atoms. The summed E-state index contributed by atoms with van der Waals surface area (Å²) < 4.78 is 0. The normalized spacial score (nSPS) is 14.4. The quantitative estimate of drug-likeness (QED) is 0.689. The maximum absolute atomic E-state index is 12.1. The van der Waals surface area contributed by atoms with Crippen LogP contribution in [0, 0.1) is 5.92 Å². The van der Waals surface area contributed by atoms with Crippen LogP contribution in [0.2, 0.25) is 0 Å². The Bertz CT molecular complexity index is 747. The first-order valence-electron chi connectivity index (χ1n) is 9.89. The number of rotatable bonds is 8. The number of para-hydroxylation sites is 1. The van der Waals surface area contributed by atoms with E-state index in [1.54, 1.807) is 12.4 Å². The molecule has 3 rings (SSSR count). The third-order valence-corrected chi connectivity index (χ3v) is 5.70. The summed E-state index contributed by atoms with van der Waals surface area (Å²) in [6, 6.07) is 10.5. The molecule has 1 N–H and O–H groups in total. The molecule has 0 spiro atoms. The molecule has 0 aliphatic carbocycles. The second-order valence-corrected chi connectivity index (χ2v) is 8.28. The summed E-state index contributed by atoms with van der Waals surface area (Å²) in [4.78, 5) is 25.8. The number of anilines is 2. The predicted molar refractivity (Wildman–Crippen MR) is 116 cm³/mol. The topological polar surface area (TPSA) is 61.4 Å². The van der Waals surface area contributed by atoms with Crippen molar-refractivity contribution in [1.29, 1.82) is 0 Å². The number of amides is 1. The molecule has 2 heterocycles. The van der Waals surface area contributed by atoms with E-state index in [1.807, 2.05) is 6.07 Å². The molecule has 6 nitrogen and oxygen atoms in total. The molecule has 1 aliphatic rings. The lowest BCUT2D eigenvalue weighted by Crippen LogP contribution is -2.47. The van der Waals surface area contributed by atoms with E-state index in [0.717, 1.165) is 50.0 Å². The van der Waals surface area contributed by atoms with Gasteiger partial charge in [-0.05, 0) is 24.5 Å². The monoisotopic (exact) mass is 399 g/mol. The molecule has 150 valence electrons. The van der Waals surface area contributed by atoms with Crippen LogP contribution in [-0.4, -0.2) is 54.4 Å². The first kappa shape index (κ1) is 20.5. The molecule has 7 heteroatoms. The van der Waals surface area contributed by atoms with Gasteiger partial charge in [-0.1, -0.05) is 43.8 Å². The van der Waals surface area contributed by atoms with E-state index in [2.05, 4.69) is 63.2 Å². The van der Waals surface area contributed by atoms with Gasteiger partial charge in [0.05, 0.1) is 5.75 Å². The summed E-state index contributed by atoms with van der Waals surface area (Å²) in [6.07, 6.45) is 4.42. The number of thioether (sulfide) groups is 1. The van der Waals surface area contributed by atoms with Crippen LogP contribution in [0.25, 0.3) is 0 Å². The van der Waals surface area contributed by atoms with Crippen LogP contribution < -0.4 is 15.1 Å². The third kappa shape index (κ3) is 5.86. The Kier molecular flexibility index (Phi) is 7.54. The number of carbonyl (C=O) groups is 1. The van der Waals surface area contributed by atoms with Gasteiger partial charge in [-0.2, -0.15) is 0 Å². The van der Waals surface area contributed by atoms with Crippen LogP contribution in [0.15, 0.2) is 47.8 Å². The van der Waals surface area contributed by atoms with Crippen molar-refractivity contribution in [3.05, 3.63) is 42.7 Å². The number of hydrogen-bond donors (Lipinski definition) is 1. The lowest BCUT2D eigenvalue weighted by atomic mass is 10.1. The second-order valence-electron chi connectivity index (χ2n) is 7.32. The van der Waals surface area contributed by atoms with E-state index in [9.17, 15) is 4.79 Å². The smallest absolute Gasteiger partial charge is 0.230 e. The molecule has 2 aromatic rings. The highest BCUT2D eigenvalue weighted by molar-refractivity contribution is 8.00. The summed E-state index contributed by atoms with van der Waals surface area (Å²) in [7, 11) is 0. The van der Waals surface area contributed by atoms with Crippen molar-refractivity contribution < 1.29 is 4.79 Å². The minimum atomic E-state index is 0.0520. The highest BCUT2D eigenvalue weighted by Crippen LogP contribution is 2.27. The Morgan fingerprint density at radius 1 is 1.07 bits per heavy atom. The van der Waals surface area contributed by atoms with Gasteiger partial charge >= 0.3 is 0 Å². The lowest BCUT2D eigenvalue weighted by molar-refractivity contribution is -0.118. The maximum Gasteiger partial charge on any atom is 0.230 e. The molecule has 0 unspecified atom stereocenters. The van der Waals surface area contributed by atoms with E-state index in [-0.39, 0.29) is 5.91 Å². The van der Waals surface area contributed by atoms with E-state index >= 15 is 0 Å². The standard InChI is InChI=1S/C21H29N5OS/c1-17(2)8-9-22-19(27)16-28-21-20(23-10-11-24-21)26-14-12-25(13-15-26)18-6-4-3-5-7-18/h3-7,10-11,17H,8-9,12-16H2,1-2H3,(H,22,27). The predicted octanol–water partition coefficient (Wildman–Crippen LogP) is 3.06. The molecule has 1 saturated heterocycles. The molecule has 1 aromatic carbocycles. The van der Waals surface area contributed by atoms with Gasteiger partial charge < -0.3 is 15.1 Å². The lowest BCUT2D eigenvalue weighted by Gasteiger charge is -2.37. The number of benzene rings is 1. The van der Waals surface area contributed by atoms with Gasteiger partial charge in [0.1, 0.15) is 5.03 Å². The number of nitrogens with zero attached hydrogens (tertiary/aromatic N) is 4. The zero-order chi connectivity index (χ0) is 19.8. The molecule has 1 aliphatic heterocycles. The van der Waals surface area contributed by atoms with Crippen molar-refractivity contribution in [3.8, 4) is 0 Å². The summed E-state index contributed by atoms with van der Waals surface area (Å²) in [6.45, 7) is 8.71. The van der Waals surface area contributed by atoms with Crippen LogP contribution >= 0.6 is 11.8 Å². The zero-order valence-corrected chi connectivity index (χ0v) is 17.5. The van der Waals surface area contributed by atoms with E-state index in [4.69, 9.17) is 0 Å². The maximum atomic E-state index is 12.1. The molecular weight excluding hydrogens is 370 g/mol. The van der Waals surface area contributed by atoms with E-state index in [1.165, 1.54) is 17.4 Å². The summed E-state index contributed by atoms with van der Waals surface area (Å²) in [5, 5.41) is 3.81. The molecule has 28 heavy (non-hydrogen) atoms. The van der Waals surface area contributed by atoms with Gasteiger partial charge in [0, 0.05) is 50.8 Å². The van der Waals surface area contributed by atoms with Gasteiger partial charge in [0.25, 0.3) is 0 Å². The molecule has 0 saturated carbocycles. The van der Waals surface area contributed by atoms with Crippen LogP contribution in [0.5, 0.6) is 0 Å². The number of piperazine rings is 1. The summed E-state index contributed by atoms with van der Waals surface area (Å²) >= 11 is 1.46. The van der Waals surface area contributed by atoms with Gasteiger partial charge in [-0.25, -0.2) is 9.97 Å². The van der Waals surface area contributed by atoms with Crippen molar-refractivity contribution in [1.82, 2.24) is 15.3 Å². The second kappa shape index (κ2) is 10.3. The van der Waals surface area contributed by atoms with Gasteiger partial charge in [0.15, 0.2) is 5.82 Å². The Labute approximate surface area is 171 Å². The fourth-order valence-corrected chi connectivity index (χ4v) is 3.95. The Hall–Kier alpha value is -2.28. The molecule has 1 aromatic heterocycles. The van der Waals surface area contributed by atoms with E-state index < -0.39 is 0 Å². The average Bonchev–Trinajstić information content (AvgIpc) is 2.73. The van der Waals surface area contributed by atoms with Crippen molar-refractivity contribution >= 4 is 29.2 Å². The fraction of sp³-hybridized carbons (Fsp3) is 0.476. The Morgan fingerprint density at radius 2 is 1.75 bits per heavy atom. The average molecular weight is 400 g/mol. The molecule has 0 atom stereocenters. The summed E-state index contributed by atoms with van der Waals surface area (Å²) in [5.41, 5.74) is 1.26. The Morgan fingerprint density at radius 3 is 2.46 bits per heavy atom. The highest BCUT2D eigenvalue weighted by atomic mass is 32.2. The van der Waals surface area contributed by atoms with Crippen LogP contribution in [0.1, 0.15) is 20.3 Å². The highest BCUT2D eigenvalue weighted by Gasteiger charge is 2.21. The molecular formula is C21H29N5OS. The Balaban J connectivity index is 1.53. The minimum Gasteiger partial charge on any atom is -0.368 e. The summed E-state index contributed by atoms with van der Waals surface area (Å²) in [5.74, 6) is 1.90. The first-order valence-corrected chi connectivity index (χ1v) is 10.9. The SMILES string of the molecule is CC(C)CCNC(=O)CSc1nccnc1N1CCN(c2ccccc2)CC1. The third-order valence-electron chi connectivity index (χ3n) is 4.73. The van der Waals surface area contributed by atoms with Crippen LogP contribution in [0.4, 0.5) is 11.5 Å². The molecule has 0 radical (unpaired) electrons. The zero-order valence-electron chi connectivity index (χ0n) is 16.7. The van der Waals surface area contributed by atoms with Gasteiger partial charge in [-0.3, -0.25) is 4.79 Å². The van der Waals surface area contributed by atoms with Crippen molar-refractivity contribution in [3.63, 3.8) is 0 Å². The number of aromatic nitrogens is 2. The molecule has 1 fully saturated rings. The first-order chi connectivity index (χ1) is 13.6. The van der Waals surface area contributed by atoms with Crippen molar-refractivity contribution in [2.24, 2.45) is 5.92 Å². The van der Waals surface area contributed by atoms with E-state index in [0.29, 0.717) is 11.7 Å². The number of carbonyl (C=O) groups excluding carboxylic acids is 1. The minimum absolute atomic E-state index is 0.0520. The number of nitrogens with one attached hydrogen (secondary N) is 1. The van der Waals surface area contributed by atoms with Crippen LogP contribution in [-0.2, 0) is 4.79 Å². The number of hydrogen-bond acceptors (Lipinski definition) is 6. The van der Waals surface area contributed by atoms with Gasteiger partial charge in [-0.15, -0.1) is 0 Å². The van der Waals surface area contributed by atoms with Gasteiger partial charge in [0.2, 0.25) is 5.91 Å². The largest absolute Gasteiger partial charge is 0.368 e. The van der Waals surface area contributed by atoms with Crippen molar-refractivity contribution in [2.75, 3.05) is 48.3 Å². The molecule has 1 amide bonds. The van der Waals surface area contributed by atoms with Crippen LogP contribution in [0.3, 0.4) is 0 Å². The van der Waals surface area contributed by atoms with Crippen molar-refractivity contribution in [2.45, 2.75) is 25.3 Å². The fourth-order valence-electron chi connectivity index (χ4n) is 3.14.